The number of anilines is 2. The summed E-state index contributed by atoms with van der Waals surface area (Å²) in [6.07, 6.45) is 1.22. The predicted molar refractivity (Wildman–Crippen MR) is 79.2 cm³/mol. The van der Waals surface area contributed by atoms with Crippen molar-refractivity contribution in [3.63, 3.8) is 0 Å². The lowest BCUT2D eigenvalue weighted by Crippen LogP contribution is -2.20. The fourth-order valence-electron chi connectivity index (χ4n) is 1.37. The van der Waals surface area contributed by atoms with Crippen LogP contribution in [0, 0.1) is 0 Å². The molecule has 3 N–H and O–H groups in total. The van der Waals surface area contributed by atoms with E-state index in [0.717, 1.165) is 13.0 Å². The van der Waals surface area contributed by atoms with Crippen molar-refractivity contribution in [2.75, 3.05) is 23.7 Å². The zero-order valence-electron chi connectivity index (χ0n) is 12.7. The molecular formula is C13H25N5O2. The molecule has 7 heteroatoms. The van der Waals surface area contributed by atoms with Crippen molar-refractivity contribution in [3.8, 4) is 6.01 Å². The van der Waals surface area contributed by atoms with Gasteiger partial charge in [0.05, 0.1) is 12.2 Å². The number of ether oxygens (including phenoxy) is 1. The van der Waals surface area contributed by atoms with Gasteiger partial charge in [0.15, 0.2) is 0 Å². The van der Waals surface area contributed by atoms with Gasteiger partial charge in [-0.25, -0.2) is 0 Å². The summed E-state index contributed by atoms with van der Waals surface area (Å²) in [4.78, 5) is 12.6. The zero-order valence-corrected chi connectivity index (χ0v) is 12.7. The number of hydrogen-bond donors (Lipinski definition) is 3. The largest absolute Gasteiger partial charge is 0.461 e. The first-order chi connectivity index (χ1) is 9.55. The molecule has 0 bridgehead atoms. The van der Waals surface area contributed by atoms with Gasteiger partial charge in [0.25, 0.3) is 0 Å². The van der Waals surface area contributed by atoms with E-state index in [1.807, 2.05) is 20.8 Å². The van der Waals surface area contributed by atoms with Crippen molar-refractivity contribution in [3.05, 3.63) is 0 Å². The molecule has 1 aromatic heterocycles. The number of nitrogens with one attached hydrogen (secondary N) is 2. The second-order valence-corrected chi connectivity index (χ2v) is 4.80. The zero-order chi connectivity index (χ0) is 15.0. The molecule has 0 amide bonds. The highest BCUT2D eigenvalue weighted by Gasteiger charge is 2.09. The van der Waals surface area contributed by atoms with Crippen LogP contribution in [0.15, 0.2) is 0 Å². The van der Waals surface area contributed by atoms with Gasteiger partial charge in [-0.3, -0.25) is 0 Å². The molecule has 114 valence electrons. The molecule has 0 aliphatic rings. The number of aliphatic hydroxyl groups is 1. The van der Waals surface area contributed by atoms with E-state index in [9.17, 15) is 5.11 Å². The summed E-state index contributed by atoms with van der Waals surface area (Å²) in [5, 5.41) is 15.7. The Bertz CT molecular complexity index is 400. The van der Waals surface area contributed by atoms with E-state index in [0.29, 0.717) is 24.9 Å². The molecule has 1 atom stereocenters. The summed E-state index contributed by atoms with van der Waals surface area (Å²) in [5.74, 6) is 0.882. The Hall–Kier alpha value is -1.63. The quantitative estimate of drug-likeness (QED) is 0.634. The standard InChI is InChI=1S/C13H25N5O2/c1-5-7-14-11-16-12(15-8-10(19)6-2)18-13(17-11)20-9(3)4/h9-10,19H,5-8H2,1-4H3,(H2,14,15,16,17,18). The van der Waals surface area contributed by atoms with Crippen molar-refractivity contribution < 1.29 is 9.84 Å². The highest BCUT2D eigenvalue weighted by Crippen LogP contribution is 2.12. The van der Waals surface area contributed by atoms with Crippen LogP contribution in [0.4, 0.5) is 11.9 Å². The summed E-state index contributed by atoms with van der Waals surface area (Å²) in [5.41, 5.74) is 0. The number of hydrogen-bond acceptors (Lipinski definition) is 7. The summed E-state index contributed by atoms with van der Waals surface area (Å²) in [7, 11) is 0. The van der Waals surface area contributed by atoms with Crippen LogP contribution in [0.2, 0.25) is 0 Å². The summed E-state index contributed by atoms with van der Waals surface area (Å²) in [6.45, 7) is 8.99. The highest BCUT2D eigenvalue weighted by molar-refractivity contribution is 5.35. The van der Waals surface area contributed by atoms with Crippen LogP contribution in [0.3, 0.4) is 0 Å². The third-order valence-electron chi connectivity index (χ3n) is 2.46. The van der Waals surface area contributed by atoms with E-state index in [4.69, 9.17) is 4.74 Å². The lowest BCUT2D eigenvalue weighted by molar-refractivity contribution is 0.183. The van der Waals surface area contributed by atoms with Crippen LogP contribution in [0.5, 0.6) is 6.01 Å². The molecular weight excluding hydrogens is 258 g/mol. The fourth-order valence-corrected chi connectivity index (χ4v) is 1.37. The average Bonchev–Trinajstić information content (AvgIpc) is 2.41. The number of nitrogens with zero attached hydrogens (tertiary/aromatic N) is 3. The van der Waals surface area contributed by atoms with E-state index in [1.54, 1.807) is 0 Å². The minimum atomic E-state index is -0.423. The molecule has 0 saturated carbocycles. The van der Waals surface area contributed by atoms with Crippen molar-refractivity contribution in [1.82, 2.24) is 15.0 Å². The first-order valence-corrected chi connectivity index (χ1v) is 7.13. The Morgan fingerprint density at radius 3 is 2.30 bits per heavy atom. The Morgan fingerprint density at radius 1 is 1.10 bits per heavy atom. The first kappa shape index (κ1) is 16.4. The molecule has 1 unspecified atom stereocenters. The van der Waals surface area contributed by atoms with Gasteiger partial charge in [-0.2, -0.15) is 15.0 Å². The molecule has 1 rings (SSSR count). The molecule has 0 fully saturated rings. The lowest BCUT2D eigenvalue weighted by Gasteiger charge is -2.13. The Kier molecular flexibility index (Phi) is 7.00. The van der Waals surface area contributed by atoms with Crippen LogP contribution < -0.4 is 15.4 Å². The SMILES string of the molecule is CCCNc1nc(NCC(O)CC)nc(OC(C)C)n1. The highest BCUT2D eigenvalue weighted by atomic mass is 16.5. The second kappa shape index (κ2) is 8.52. The summed E-state index contributed by atoms with van der Waals surface area (Å²) < 4.78 is 5.50. The van der Waals surface area contributed by atoms with Crippen LogP contribution in [-0.4, -0.2) is 45.4 Å². The van der Waals surface area contributed by atoms with Gasteiger partial charge < -0.3 is 20.5 Å². The Morgan fingerprint density at radius 2 is 1.75 bits per heavy atom. The van der Waals surface area contributed by atoms with E-state index >= 15 is 0 Å². The van der Waals surface area contributed by atoms with Crippen LogP contribution in [0.1, 0.15) is 40.5 Å². The van der Waals surface area contributed by atoms with Gasteiger partial charge in [0, 0.05) is 13.1 Å². The molecule has 0 saturated heterocycles. The maximum absolute atomic E-state index is 9.56. The lowest BCUT2D eigenvalue weighted by atomic mass is 10.3. The van der Waals surface area contributed by atoms with E-state index < -0.39 is 6.10 Å². The number of rotatable bonds is 9. The summed E-state index contributed by atoms with van der Waals surface area (Å²) >= 11 is 0. The Balaban J connectivity index is 2.79. The third-order valence-corrected chi connectivity index (χ3v) is 2.46. The normalized spacial score (nSPS) is 12.3. The van der Waals surface area contributed by atoms with Gasteiger partial charge in [0.2, 0.25) is 11.9 Å². The first-order valence-electron chi connectivity index (χ1n) is 7.13. The molecule has 0 spiro atoms. The average molecular weight is 283 g/mol. The van der Waals surface area contributed by atoms with Crippen molar-refractivity contribution in [1.29, 1.82) is 0 Å². The minimum absolute atomic E-state index is 0.00879. The molecule has 0 aliphatic carbocycles. The molecule has 0 radical (unpaired) electrons. The van der Waals surface area contributed by atoms with E-state index in [-0.39, 0.29) is 12.1 Å². The van der Waals surface area contributed by atoms with Gasteiger partial charge >= 0.3 is 6.01 Å². The molecule has 0 aliphatic heterocycles. The fraction of sp³-hybridized carbons (Fsp3) is 0.769. The van der Waals surface area contributed by atoms with Gasteiger partial charge in [-0.05, 0) is 26.7 Å². The van der Waals surface area contributed by atoms with Crippen LogP contribution in [-0.2, 0) is 0 Å². The molecule has 1 heterocycles. The van der Waals surface area contributed by atoms with E-state index in [1.165, 1.54) is 0 Å². The second-order valence-electron chi connectivity index (χ2n) is 4.80. The number of aromatic nitrogens is 3. The maximum Gasteiger partial charge on any atom is 0.323 e. The number of aliphatic hydroxyl groups excluding tert-OH is 1. The van der Waals surface area contributed by atoms with Crippen molar-refractivity contribution >= 4 is 11.9 Å². The monoisotopic (exact) mass is 283 g/mol. The van der Waals surface area contributed by atoms with Crippen molar-refractivity contribution in [2.45, 2.75) is 52.7 Å². The molecule has 1 aromatic rings. The molecule has 20 heavy (non-hydrogen) atoms. The van der Waals surface area contributed by atoms with Gasteiger partial charge in [-0.1, -0.05) is 13.8 Å². The minimum Gasteiger partial charge on any atom is -0.461 e. The Labute approximate surface area is 120 Å². The molecule has 7 nitrogen and oxygen atoms in total. The van der Waals surface area contributed by atoms with Crippen LogP contribution in [0.25, 0.3) is 0 Å². The van der Waals surface area contributed by atoms with Gasteiger partial charge in [0.1, 0.15) is 0 Å². The topological polar surface area (TPSA) is 92.2 Å². The smallest absolute Gasteiger partial charge is 0.323 e. The predicted octanol–water partition coefficient (Wildman–Crippen LogP) is 1.66. The van der Waals surface area contributed by atoms with E-state index in [2.05, 4.69) is 32.5 Å². The van der Waals surface area contributed by atoms with Crippen LogP contribution >= 0.6 is 0 Å². The molecule has 0 aromatic carbocycles. The third kappa shape index (κ3) is 6.01. The van der Waals surface area contributed by atoms with Gasteiger partial charge in [-0.15, -0.1) is 0 Å². The maximum atomic E-state index is 9.56. The summed E-state index contributed by atoms with van der Waals surface area (Å²) in [6, 6.07) is 0.280. The van der Waals surface area contributed by atoms with Crippen molar-refractivity contribution in [2.24, 2.45) is 0 Å².